The van der Waals surface area contributed by atoms with Gasteiger partial charge < -0.3 is 20.7 Å². The van der Waals surface area contributed by atoms with Crippen LogP contribution in [-0.4, -0.2) is 51.0 Å². The quantitative estimate of drug-likeness (QED) is 0.479. The lowest BCUT2D eigenvalue weighted by atomic mass is 10.2. The third-order valence-corrected chi connectivity index (χ3v) is 7.13. The van der Waals surface area contributed by atoms with Crippen molar-refractivity contribution in [1.29, 1.82) is 0 Å². The molecule has 0 aromatic heterocycles. The van der Waals surface area contributed by atoms with E-state index in [1.807, 2.05) is 6.07 Å². The number of hydrogen-bond acceptors (Lipinski definition) is 5. The number of carbonyl (C=O) groups excluding carboxylic acids is 2. The highest BCUT2D eigenvalue weighted by Crippen LogP contribution is 2.23. The number of anilines is 3. The van der Waals surface area contributed by atoms with Crippen LogP contribution in [0.5, 0.6) is 0 Å². The fourth-order valence-electron chi connectivity index (χ4n) is 3.42. The number of carbonyl (C=O) groups is 2. The standard InChI is InChI=1S/C24H23FN4O5S/c25-21-11-6-17(16-22(21)35(32,33)29-12-14-34-15-13-29)23(30)26-19-7-9-20(10-8-19)28-24(31)27-18-4-2-1-3-5-18/h1-11,16H,12-15H2,(H,26,30)(H2,27,28,31). The number of morpholine rings is 1. The summed E-state index contributed by atoms with van der Waals surface area (Å²) in [6.07, 6.45) is 0. The fraction of sp³-hybridized carbons (Fsp3) is 0.167. The van der Waals surface area contributed by atoms with Crippen molar-refractivity contribution in [3.8, 4) is 0 Å². The van der Waals surface area contributed by atoms with Gasteiger partial charge in [0.05, 0.1) is 13.2 Å². The second kappa shape index (κ2) is 10.6. The van der Waals surface area contributed by atoms with E-state index < -0.39 is 32.7 Å². The predicted octanol–water partition coefficient (Wildman–Crippen LogP) is 3.74. The van der Waals surface area contributed by atoms with Crippen LogP contribution in [-0.2, 0) is 14.8 Å². The smallest absolute Gasteiger partial charge is 0.323 e. The van der Waals surface area contributed by atoms with E-state index in [2.05, 4.69) is 16.0 Å². The Morgan fingerprint density at radius 2 is 1.37 bits per heavy atom. The van der Waals surface area contributed by atoms with Crippen LogP contribution in [0.4, 0.5) is 26.2 Å². The van der Waals surface area contributed by atoms with Gasteiger partial charge in [0.1, 0.15) is 10.7 Å². The maximum absolute atomic E-state index is 14.4. The van der Waals surface area contributed by atoms with Crippen LogP contribution in [0.1, 0.15) is 10.4 Å². The number of nitrogens with one attached hydrogen (secondary N) is 3. The van der Waals surface area contributed by atoms with Gasteiger partial charge in [-0.3, -0.25) is 4.79 Å². The van der Waals surface area contributed by atoms with Crippen LogP contribution in [0.2, 0.25) is 0 Å². The van der Waals surface area contributed by atoms with E-state index >= 15 is 0 Å². The number of hydrogen-bond donors (Lipinski definition) is 3. The molecule has 1 saturated heterocycles. The second-order valence-corrected chi connectivity index (χ2v) is 9.54. The van der Waals surface area contributed by atoms with Crippen molar-refractivity contribution in [2.45, 2.75) is 4.90 Å². The molecule has 182 valence electrons. The zero-order valence-corrected chi connectivity index (χ0v) is 19.3. The average molecular weight is 499 g/mol. The summed E-state index contributed by atoms with van der Waals surface area (Å²) in [7, 11) is -4.11. The van der Waals surface area contributed by atoms with Crippen LogP contribution in [0.15, 0.2) is 77.7 Å². The molecule has 1 aliphatic heterocycles. The van der Waals surface area contributed by atoms with Gasteiger partial charge in [-0.2, -0.15) is 4.31 Å². The first kappa shape index (κ1) is 24.3. The van der Waals surface area contributed by atoms with Gasteiger partial charge in [0.2, 0.25) is 10.0 Å². The molecule has 1 aliphatic rings. The van der Waals surface area contributed by atoms with Crippen LogP contribution >= 0.6 is 0 Å². The van der Waals surface area contributed by atoms with Crippen molar-refractivity contribution in [3.05, 3.63) is 84.2 Å². The highest BCUT2D eigenvalue weighted by Gasteiger charge is 2.29. The van der Waals surface area contributed by atoms with E-state index in [-0.39, 0.29) is 31.9 Å². The lowest BCUT2D eigenvalue weighted by molar-refractivity contribution is 0.0729. The molecule has 0 radical (unpaired) electrons. The molecule has 4 rings (SSSR count). The van der Waals surface area contributed by atoms with Gasteiger partial charge in [0.25, 0.3) is 5.91 Å². The minimum absolute atomic E-state index is 0.0114. The molecule has 3 aromatic rings. The summed E-state index contributed by atoms with van der Waals surface area (Å²) < 4.78 is 46.4. The molecule has 35 heavy (non-hydrogen) atoms. The molecule has 3 N–H and O–H groups in total. The van der Waals surface area contributed by atoms with Crippen molar-refractivity contribution in [2.24, 2.45) is 0 Å². The Morgan fingerprint density at radius 1 is 0.800 bits per heavy atom. The highest BCUT2D eigenvalue weighted by molar-refractivity contribution is 7.89. The van der Waals surface area contributed by atoms with Gasteiger partial charge in [0.15, 0.2) is 0 Å². The number of amides is 3. The first-order chi connectivity index (χ1) is 16.8. The molecule has 11 heteroatoms. The number of ether oxygens (including phenoxy) is 1. The summed E-state index contributed by atoms with van der Waals surface area (Å²) in [4.78, 5) is 24.2. The summed E-state index contributed by atoms with van der Waals surface area (Å²) in [5, 5.41) is 8.01. The summed E-state index contributed by atoms with van der Waals surface area (Å²) in [6.45, 7) is 0.670. The lowest BCUT2D eigenvalue weighted by Crippen LogP contribution is -2.41. The summed E-state index contributed by atoms with van der Waals surface area (Å²) >= 11 is 0. The molecule has 1 heterocycles. The Balaban J connectivity index is 1.41. The fourth-order valence-corrected chi connectivity index (χ4v) is 4.92. The van der Waals surface area contributed by atoms with Crippen molar-refractivity contribution in [1.82, 2.24) is 4.31 Å². The topological polar surface area (TPSA) is 117 Å². The maximum Gasteiger partial charge on any atom is 0.323 e. The summed E-state index contributed by atoms with van der Waals surface area (Å²) in [5.74, 6) is -1.54. The van der Waals surface area contributed by atoms with Crippen LogP contribution < -0.4 is 16.0 Å². The highest BCUT2D eigenvalue weighted by atomic mass is 32.2. The van der Waals surface area contributed by atoms with E-state index in [0.717, 1.165) is 16.4 Å². The second-order valence-electron chi connectivity index (χ2n) is 7.64. The number of urea groups is 1. The number of para-hydroxylation sites is 1. The third-order valence-electron chi connectivity index (χ3n) is 5.21. The third kappa shape index (κ3) is 6.01. The molecule has 3 aromatic carbocycles. The molecule has 9 nitrogen and oxygen atoms in total. The Bertz CT molecular complexity index is 1310. The van der Waals surface area contributed by atoms with Gasteiger partial charge in [-0.1, -0.05) is 18.2 Å². The minimum Gasteiger partial charge on any atom is -0.379 e. The number of sulfonamides is 1. The Labute approximate surface area is 202 Å². The summed E-state index contributed by atoms with van der Waals surface area (Å²) in [6, 6.07) is 18.1. The van der Waals surface area contributed by atoms with E-state index in [9.17, 15) is 22.4 Å². The Morgan fingerprint density at radius 3 is 2.00 bits per heavy atom. The largest absolute Gasteiger partial charge is 0.379 e. The zero-order valence-electron chi connectivity index (χ0n) is 18.5. The van der Waals surface area contributed by atoms with Gasteiger partial charge in [0, 0.05) is 35.7 Å². The SMILES string of the molecule is O=C(Nc1ccccc1)Nc1ccc(NC(=O)c2ccc(F)c(S(=O)(=O)N3CCOCC3)c2)cc1. The van der Waals surface area contributed by atoms with E-state index in [0.29, 0.717) is 17.1 Å². The monoisotopic (exact) mass is 498 g/mol. The number of halogens is 1. The molecule has 0 atom stereocenters. The molecule has 3 amide bonds. The first-order valence-corrected chi connectivity index (χ1v) is 12.2. The number of rotatable bonds is 6. The molecular formula is C24H23FN4O5S. The van der Waals surface area contributed by atoms with Gasteiger partial charge >= 0.3 is 6.03 Å². The summed E-state index contributed by atoms with van der Waals surface area (Å²) in [5.41, 5.74) is 1.54. The predicted molar refractivity (Wildman–Crippen MR) is 129 cm³/mol. The minimum atomic E-state index is -4.11. The molecule has 0 saturated carbocycles. The molecule has 0 aliphatic carbocycles. The normalized spacial score (nSPS) is 14.2. The lowest BCUT2D eigenvalue weighted by Gasteiger charge is -2.26. The van der Waals surface area contributed by atoms with Crippen molar-refractivity contribution in [2.75, 3.05) is 42.3 Å². The van der Waals surface area contributed by atoms with E-state index in [1.165, 1.54) is 6.07 Å². The maximum atomic E-state index is 14.4. The molecular weight excluding hydrogens is 475 g/mol. The van der Waals surface area contributed by atoms with Gasteiger partial charge in [-0.15, -0.1) is 0 Å². The first-order valence-electron chi connectivity index (χ1n) is 10.7. The number of nitrogens with zero attached hydrogens (tertiary/aromatic N) is 1. The Hall–Kier alpha value is -3.80. The molecule has 0 unspecified atom stereocenters. The molecule has 0 spiro atoms. The zero-order chi connectivity index (χ0) is 24.8. The molecule has 0 bridgehead atoms. The average Bonchev–Trinajstić information content (AvgIpc) is 2.86. The Kier molecular flexibility index (Phi) is 7.39. The van der Waals surface area contributed by atoms with Gasteiger partial charge in [-0.25, -0.2) is 17.6 Å². The van der Waals surface area contributed by atoms with Crippen molar-refractivity contribution < 1.29 is 27.1 Å². The van der Waals surface area contributed by atoms with Crippen molar-refractivity contribution >= 4 is 39.0 Å². The van der Waals surface area contributed by atoms with Crippen LogP contribution in [0.25, 0.3) is 0 Å². The van der Waals surface area contributed by atoms with E-state index in [1.54, 1.807) is 48.5 Å². The van der Waals surface area contributed by atoms with E-state index in [4.69, 9.17) is 4.74 Å². The van der Waals surface area contributed by atoms with Crippen molar-refractivity contribution in [3.63, 3.8) is 0 Å². The van der Waals surface area contributed by atoms with Crippen LogP contribution in [0.3, 0.4) is 0 Å². The van der Waals surface area contributed by atoms with Crippen LogP contribution in [0, 0.1) is 5.82 Å². The van der Waals surface area contributed by atoms with Gasteiger partial charge in [-0.05, 0) is 54.6 Å². The molecule has 1 fully saturated rings. The number of benzene rings is 3.